The van der Waals surface area contributed by atoms with Crippen LogP contribution in [0.4, 0.5) is 0 Å². The largest absolute Gasteiger partial charge is 0.494 e. The van der Waals surface area contributed by atoms with Gasteiger partial charge in [0, 0.05) is 30.8 Å². The van der Waals surface area contributed by atoms with Crippen LogP contribution >= 0.6 is 11.3 Å². The summed E-state index contributed by atoms with van der Waals surface area (Å²) in [5, 5.41) is 6.52. The Morgan fingerprint density at radius 3 is 2.96 bits per heavy atom. The molecule has 0 spiro atoms. The van der Waals surface area contributed by atoms with Crippen molar-refractivity contribution < 1.29 is 9.53 Å². The molecule has 0 radical (unpaired) electrons. The van der Waals surface area contributed by atoms with Crippen molar-refractivity contribution in [3.05, 3.63) is 64.1 Å². The molecule has 0 N–H and O–H groups in total. The Morgan fingerprint density at radius 1 is 1.32 bits per heavy atom. The average Bonchev–Trinajstić information content (AvgIpc) is 3.36. The number of thiophene rings is 1. The summed E-state index contributed by atoms with van der Waals surface area (Å²) >= 11 is 1.57. The number of rotatable bonds is 6. The van der Waals surface area contributed by atoms with Crippen LogP contribution < -0.4 is 4.74 Å². The van der Waals surface area contributed by atoms with Gasteiger partial charge in [0.05, 0.1) is 18.2 Å². The predicted octanol–water partition coefficient (Wildman–Crippen LogP) is 4.35. The lowest BCUT2D eigenvalue weighted by molar-refractivity contribution is 0.0815. The summed E-state index contributed by atoms with van der Waals surface area (Å²) in [5.74, 6) is 1.20. The first-order valence-electron chi connectivity index (χ1n) is 9.63. The molecule has 1 aliphatic rings. The van der Waals surface area contributed by atoms with Crippen molar-refractivity contribution in [1.29, 1.82) is 0 Å². The fourth-order valence-corrected chi connectivity index (χ4v) is 4.82. The van der Waals surface area contributed by atoms with Gasteiger partial charge in [0.2, 0.25) is 0 Å². The molecule has 3 aromatic rings. The average molecular weight is 396 g/mol. The molecule has 1 saturated heterocycles. The number of Topliss-reactive ketones (excluding diaryl/α,β-unsaturated/α-hetero) is 1. The zero-order chi connectivity index (χ0) is 19.5. The third kappa shape index (κ3) is 3.88. The summed E-state index contributed by atoms with van der Waals surface area (Å²) in [5.41, 5.74) is 3.17. The number of carbonyl (C=O) groups excluding carboxylic acids is 1. The van der Waals surface area contributed by atoms with Gasteiger partial charge in [-0.3, -0.25) is 9.69 Å². The minimum atomic E-state index is 0.0929. The lowest BCUT2D eigenvalue weighted by Gasteiger charge is -2.31. The Morgan fingerprint density at radius 2 is 2.18 bits per heavy atom. The number of carbonyl (C=O) groups is 1. The highest BCUT2D eigenvalue weighted by Crippen LogP contribution is 2.27. The molecule has 1 aromatic carbocycles. The molecule has 146 valence electrons. The van der Waals surface area contributed by atoms with E-state index in [1.807, 2.05) is 59.7 Å². The second-order valence-electron chi connectivity index (χ2n) is 7.34. The van der Waals surface area contributed by atoms with Crippen molar-refractivity contribution in [2.24, 2.45) is 5.92 Å². The second-order valence-corrected chi connectivity index (χ2v) is 8.25. The molecule has 5 nitrogen and oxygen atoms in total. The van der Waals surface area contributed by atoms with E-state index in [1.165, 1.54) is 0 Å². The summed E-state index contributed by atoms with van der Waals surface area (Å²) < 4.78 is 7.29. The Balaban J connectivity index is 1.44. The van der Waals surface area contributed by atoms with Gasteiger partial charge in [0.25, 0.3) is 0 Å². The first kappa shape index (κ1) is 18.9. The number of aromatic nitrogens is 2. The molecule has 2 aromatic heterocycles. The number of para-hydroxylation sites is 2. The Labute approximate surface area is 169 Å². The number of ketones is 1. The fourth-order valence-electron chi connectivity index (χ4n) is 3.87. The van der Waals surface area contributed by atoms with Crippen molar-refractivity contribution in [2.75, 3.05) is 20.2 Å². The van der Waals surface area contributed by atoms with Crippen LogP contribution in [0.3, 0.4) is 0 Å². The van der Waals surface area contributed by atoms with Crippen molar-refractivity contribution in [3.63, 3.8) is 0 Å². The van der Waals surface area contributed by atoms with Crippen molar-refractivity contribution in [3.8, 4) is 11.4 Å². The van der Waals surface area contributed by atoms with Gasteiger partial charge in [-0.1, -0.05) is 12.1 Å². The van der Waals surface area contributed by atoms with Crippen LogP contribution in [-0.4, -0.2) is 40.7 Å². The first-order valence-corrected chi connectivity index (χ1v) is 10.5. The van der Waals surface area contributed by atoms with Gasteiger partial charge in [0.1, 0.15) is 11.4 Å². The normalized spacial score (nSPS) is 17.6. The maximum atomic E-state index is 12.9. The van der Waals surface area contributed by atoms with Crippen LogP contribution in [0.25, 0.3) is 5.69 Å². The van der Waals surface area contributed by atoms with Gasteiger partial charge in [-0.25, -0.2) is 4.68 Å². The highest BCUT2D eigenvalue weighted by atomic mass is 32.1. The summed E-state index contributed by atoms with van der Waals surface area (Å²) in [4.78, 5) is 16.2. The molecule has 0 amide bonds. The molecular weight excluding hydrogens is 370 g/mol. The molecule has 1 atom stereocenters. The lowest BCUT2D eigenvalue weighted by atomic mass is 9.92. The van der Waals surface area contributed by atoms with E-state index in [9.17, 15) is 4.79 Å². The maximum Gasteiger partial charge on any atom is 0.177 e. The Kier molecular flexibility index (Phi) is 5.59. The van der Waals surface area contributed by atoms with E-state index in [-0.39, 0.29) is 5.92 Å². The molecule has 6 heteroatoms. The molecule has 0 bridgehead atoms. The molecule has 3 heterocycles. The molecule has 1 fully saturated rings. The van der Waals surface area contributed by atoms with E-state index >= 15 is 0 Å². The van der Waals surface area contributed by atoms with E-state index < -0.39 is 0 Å². The maximum absolute atomic E-state index is 12.9. The molecule has 28 heavy (non-hydrogen) atoms. The molecule has 0 aliphatic carbocycles. The van der Waals surface area contributed by atoms with Crippen LogP contribution in [0.1, 0.15) is 33.6 Å². The van der Waals surface area contributed by atoms with E-state index in [1.54, 1.807) is 18.4 Å². The van der Waals surface area contributed by atoms with Gasteiger partial charge >= 0.3 is 0 Å². The summed E-state index contributed by atoms with van der Waals surface area (Å²) in [6, 6.07) is 9.89. The van der Waals surface area contributed by atoms with Crippen molar-refractivity contribution in [1.82, 2.24) is 14.7 Å². The van der Waals surface area contributed by atoms with Crippen LogP contribution in [-0.2, 0) is 6.54 Å². The number of hydrogen-bond donors (Lipinski definition) is 0. The zero-order valence-electron chi connectivity index (χ0n) is 16.3. The number of piperidine rings is 1. The van der Waals surface area contributed by atoms with E-state index in [2.05, 4.69) is 10.00 Å². The van der Waals surface area contributed by atoms with Crippen LogP contribution in [0.15, 0.2) is 48.1 Å². The number of benzene rings is 1. The van der Waals surface area contributed by atoms with Crippen LogP contribution in [0, 0.1) is 12.8 Å². The first-order chi connectivity index (χ1) is 13.7. The number of aryl methyl sites for hydroxylation is 1. The number of likely N-dealkylation sites (tertiary alicyclic amines) is 1. The SMILES string of the molecule is COc1ccccc1-n1cc(CN2CCCC(C(=O)c3sccc3C)C2)cn1. The Hall–Kier alpha value is -2.44. The number of hydrogen-bond acceptors (Lipinski definition) is 5. The van der Waals surface area contributed by atoms with E-state index in [0.29, 0.717) is 5.78 Å². The quantitative estimate of drug-likeness (QED) is 0.583. The van der Waals surface area contributed by atoms with Crippen molar-refractivity contribution in [2.45, 2.75) is 26.3 Å². The summed E-state index contributed by atoms with van der Waals surface area (Å²) in [7, 11) is 1.67. The molecular formula is C22H25N3O2S. The third-order valence-corrected chi connectivity index (χ3v) is 6.37. The second kappa shape index (κ2) is 8.29. The monoisotopic (exact) mass is 395 g/mol. The molecule has 0 saturated carbocycles. The van der Waals surface area contributed by atoms with Crippen molar-refractivity contribution >= 4 is 17.1 Å². The predicted molar refractivity (Wildman–Crippen MR) is 112 cm³/mol. The van der Waals surface area contributed by atoms with Crippen LogP contribution in [0.2, 0.25) is 0 Å². The van der Waals surface area contributed by atoms with Gasteiger partial charge in [-0.15, -0.1) is 11.3 Å². The van der Waals surface area contributed by atoms with Gasteiger partial charge in [-0.05, 0) is 55.5 Å². The summed E-state index contributed by atoms with van der Waals surface area (Å²) in [6.45, 7) is 4.67. The standard InChI is InChI=1S/C22H25N3O2S/c1-16-9-11-28-22(16)21(26)18-6-5-10-24(15-18)13-17-12-23-25(14-17)19-7-3-4-8-20(19)27-2/h3-4,7-9,11-12,14,18H,5-6,10,13,15H2,1-2H3. The highest BCUT2D eigenvalue weighted by Gasteiger charge is 2.28. The lowest BCUT2D eigenvalue weighted by Crippen LogP contribution is -2.38. The molecule has 1 unspecified atom stereocenters. The van der Waals surface area contributed by atoms with Gasteiger partial charge in [-0.2, -0.15) is 5.10 Å². The number of methoxy groups -OCH3 is 1. The van der Waals surface area contributed by atoms with E-state index in [0.717, 1.165) is 59.9 Å². The Bertz CT molecular complexity index is 962. The summed E-state index contributed by atoms with van der Waals surface area (Å²) in [6.07, 6.45) is 5.99. The van der Waals surface area contributed by atoms with Crippen LogP contribution in [0.5, 0.6) is 5.75 Å². The van der Waals surface area contributed by atoms with Gasteiger partial charge < -0.3 is 4.74 Å². The molecule has 1 aliphatic heterocycles. The third-order valence-electron chi connectivity index (χ3n) is 5.34. The number of nitrogens with zero attached hydrogens (tertiary/aromatic N) is 3. The highest BCUT2D eigenvalue weighted by molar-refractivity contribution is 7.12. The zero-order valence-corrected chi connectivity index (χ0v) is 17.1. The number of ether oxygens (including phenoxy) is 1. The smallest absolute Gasteiger partial charge is 0.177 e. The minimum absolute atomic E-state index is 0.0929. The topological polar surface area (TPSA) is 47.4 Å². The fraction of sp³-hybridized carbons (Fsp3) is 0.364. The van der Waals surface area contributed by atoms with E-state index in [4.69, 9.17) is 4.74 Å². The van der Waals surface area contributed by atoms with Gasteiger partial charge in [0.15, 0.2) is 5.78 Å². The molecule has 4 rings (SSSR count). The minimum Gasteiger partial charge on any atom is -0.494 e.